The molecule has 10 nitrogen and oxygen atoms in total. The van der Waals surface area contributed by atoms with Crippen LogP contribution in [-0.2, 0) is 16.0 Å². The number of aliphatic imine (C=N–C) groups is 1. The predicted octanol–water partition coefficient (Wildman–Crippen LogP) is 4.35. The summed E-state index contributed by atoms with van der Waals surface area (Å²) >= 11 is 0. The summed E-state index contributed by atoms with van der Waals surface area (Å²) in [6.07, 6.45) is 12.0. The van der Waals surface area contributed by atoms with E-state index in [4.69, 9.17) is 15.2 Å². The number of anilines is 2. The van der Waals surface area contributed by atoms with Crippen LogP contribution in [0.2, 0.25) is 0 Å². The average molecular weight is 531 g/mol. The number of hydrogen-bond acceptors (Lipinski definition) is 7. The largest absolute Gasteiger partial charge is 0.488 e. The lowest BCUT2D eigenvalue weighted by atomic mass is 10.0. The van der Waals surface area contributed by atoms with Crippen molar-refractivity contribution in [3.63, 3.8) is 0 Å². The van der Waals surface area contributed by atoms with E-state index in [9.17, 15) is 9.59 Å². The Morgan fingerprint density at radius 2 is 2.00 bits per heavy atom. The second-order valence-electron chi connectivity index (χ2n) is 9.57. The molecule has 1 aromatic carbocycles. The zero-order chi connectivity index (χ0) is 27.6. The number of nitrogens with zero attached hydrogens (tertiary/aromatic N) is 4. The first-order valence-electron chi connectivity index (χ1n) is 12.8. The van der Waals surface area contributed by atoms with Crippen molar-refractivity contribution in [1.82, 2.24) is 14.8 Å². The minimum Gasteiger partial charge on any atom is -0.488 e. The van der Waals surface area contributed by atoms with Crippen LogP contribution in [0.25, 0.3) is 0 Å². The number of likely N-dealkylation sites (N-methyl/N-ethyl adjacent to an activating group) is 1. The number of amides is 3. The van der Waals surface area contributed by atoms with Crippen LogP contribution >= 0.6 is 0 Å². The van der Waals surface area contributed by atoms with E-state index < -0.39 is 6.03 Å². The van der Waals surface area contributed by atoms with Crippen molar-refractivity contribution in [1.29, 1.82) is 0 Å². The zero-order valence-electron chi connectivity index (χ0n) is 22.3. The highest BCUT2D eigenvalue weighted by molar-refractivity contribution is 6.04. The van der Waals surface area contributed by atoms with Gasteiger partial charge in [0.25, 0.3) is 5.91 Å². The van der Waals surface area contributed by atoms with Crippen LogP contribution in [0.3, 0.4) is 0 Å². The van der Waals surface area contributed by atoms with Gasteiger partial charge in [0.1, 0.15) is 17.7 Å². The molecular formula is C29H34N6O4. The lowest BCUT2D eigenvalue weighted by Gasteiger charge is -2.24. The molecule has 0 fully saturated rings. The predicted molar refractivity (Wildman–Crippen MR) is 151 cm³/mol. The number of nitrogens with two attached hydrogens (primary N) is 1. The van der Waals surface area contributed by atoms with Gasteiger partial charge < -0.3 is 30.3 Å². The van der Waals surface area contributed by atoms with Gasteiger partial charge in [0.05, 0.1) is 11.4 Å². The Kier molecular flexibility index (Phi) is 9.47. The maximum Gasteiger partial charge on any atom is 0.347 e. The molecule has 0 saturated heterocycles. The number of para-hydroxylation sites is 2. The van der Waals surface area contributed by atoms with Crippen LogP contribution in [0, 0.1) is 0 Å². The number of allylic oxidation sites excluding steroid dienone is 4. The highest BCUT2D eigenvalue weighted by Crippen LogP contribution is 2.23. The number of hydrogen-bond donors (Lipinski definition) is 2. The van der Waals surface area contributed by atoms with Crippen molar-refractivity contribution in [2.75, 3.05) is 44.8 Å². The minimum absolute atomic E-state index is 0.0903. The van der Waals surface area contributed by atoms with Crippen molar-refractivity contribution in [2.45, 2.75) is 25.8 Å². The van der Waals surface area contributed by atoms with Crippen LogP contribution in [0.15, 0.2) is 83.4 Å². The van der Waals surface area contributed by atoms with Crippen molar-refractivity contribution in [3.05, 3.63) is 89.7 Å². The zero-order valence-corrected chi connectivity index (χ0v) is 22.3. The number of carbonyl (C=O) groups is 2. The van der Waals surface area contributed by atoms with Gasteiger partial charge in [0, 0.05) is 32.3 Å². The van der Waals surface area contributed by atoms with Gasteiger partial charge in [-0.05, 0) is 50.7 Å². The Morgan fingerprint density at radius 3 is 2.72 bits per heavy atom. The van der Waals surface area contributed by atoms with E-state index in [2.05, 4.69) is 27.4 Å². The summed E-state index contributed by atoms with van der Waals surface area (Å²) in [5.74, 6) is 0.485. The van der Waals surface area contributed by atoms with E-state index in [1.165, 1.54) is 5.57 Å². The summed E-state index contributed by atoms with van der Waals surface area (Å²) in [6.45, 7) is 1.45. The second-order valence-corrected chi connectivity index (χ2v) is 9.57. The van der Waals surface area contributed by atoms with Crippen LogP contribution in [0.4, 0.5) is 16.2 Å². The molecule has 1 aromatic heterocycles. The number of ether oxygens (including phenoxy) is 2. The number of benzene rings is 1. The summed E-state index contributed by atoms with van der Waals surface area (Å²) in [6, 6.07) is 9.98. The van der Waals surface area contributed by atoms with Gasteiger partial charge in [-0.25, -0.2) is 4.79 Å². The minimum atomic E-state index is -0.433. The number of carbonyl (C=O) groups excluding carboxylic acids is 2. The average Bonchev–Trinajstić information content (AvgIpc) is 2.93. The number of aromatic nitrogens is 1. The monoisotopic (exact) mass is 530 g/mol. The van der Waals surface area contributed by atoms with E-state index in [0.717, 1.165) is 18.4 Å². The quantitative estimate of drug-likeness (QED) is 0.462. The number of pyridine rings is 1. The number of urea groups is 1. The summed E-state index contributed by atoms with van der Waals surface area (Å²) in [5.41, 5.74) is 9.14. The molecule has 2 aromatic rings. The van der Waals surface area contributed by atoms with E-state index in [1.54, 1.807) is 53.8 Å². The molecule has 0 saturated carbocycles. The fraction of sp³-hybridized carbons (Fsp3) is 0.310. The molecule has 1 aliphatic carbocycles. The maximum absolute atomic E-state index is 13.2. The summed E-state index contributed by atoms with van der Waals surface area (Å²) < 4.78 is 11.4. The van der Waals surface area contributed by atoms with E-state index in [-0.39, 0.29) is 30.7 Å². The van der Waals surface area contributed by atoms with Gasteiger partial charge in [0.2, 0.25) is 5.90 Å². The Bertz CT molecular complexity index is 1300. The standard InChI is InChI=1S/C29H34N6O4/c1-34(2)14-15-35(29(37)33-27-20-38-19-23(39-27)16-21-8-4-3-5-9-21)18-22-12-13-26(31-17-22)28(36)32-25-11-7-6-10-24(25)30/h3-4,6-8,10-13,17,19H,5,9,14-16,18,20,30H2,1-2H3,(H,32,36). The van der Waals surface area contributed by atoms with Crippen molar-refractivity contribution in [2.24, 2.45) is 4.99 Å². The number of rotatable bonds is 9. The molecule has 0 atom stereocenters. The molecule has 10 heteroatoms. The topological polar surface area (TPSA) is 122 Å². The van der Waals surface area contributed by atoms with Crippen LogP contribution < -0.4 is 11.1 Å². The Hall–Kier alpha value is -4.44. The van der Waals surface area contributed by atoms with E-state index in [0.29, 0.717) is 36.6 Å². The Labute approximate surface area is 228 Å². The van der Waals surface area contributed by atoms with Crippen molar-refractivity contribution in [3.8, 4) is 0 Å². The van der Waals surface area contributed by atoms with Gasteiger partial charge in [-0.1, -0.05) is 42.0 Å². The molecule has 0 bridgehead atoms. The first kappa shape index (κ1) is 27.6. The Morgan fingerprint density at radius 1 is 1.15 bits per heavy atom. The van der Waals surface area contributed by atoms with Gasteiger partial charge >= 0.3 is 6.03 Å². The first-order valence-corrected chi connectivity index (χ1v) is 12.8. The van der Waals surface area contributed by atoms with E-state index in [1.807, 2.05) is 25.1 Å². The highest BCUT2D eigenvalue weighted by atomic mass is 16.6. The maximum atomic E-state index is 13.2. The molecule has 1 aliphatic heterocycles. The SMILES string of the molecule is CN(C)CCN(Cc1ccc(C(=O)Nc2ccccc2N)nc1)C(=O)N=C1COC=C(CC2=CC=CCC2)O1. The molecule has 0 radical (unpaired) electrons. The van der Waals surface area contributed by atoms with Gasteiger partial charge in [-0.15, -0.1) is 0 Å². The Balaban J connectivity index is 1.40. The molecule has 0 spiro atoms. The first-order chi connectivity index (χ1) is 18.9. The van der Waals surface area contributed by atoms with Gasteiger partial charge in [0.15, 0.2) is 6.61 Å². The molecule has 4 rings (SSSR count). The molecule has 39 heavy (non-hydrogen) atoms. The lowest BCUT2D eigenvalue weighted by Crippen LogP contribution is -2.35. The van der Waals surface area contributed by atoms with Gasteiger partial charge in [-0.2, -0.15) is 4.99 Å². The molecule has 3 N–H and O–H groups in total. The number of nitrogen functional groups attached to an aromatic ring is 1. The summed E-state index contributed by atoms with van der Waals surface area (Å²) in [5, 5.41) is 2.76. The van der Waals surface area contributed by atoms with Crippen LogP contribution in [-0.4, -0.2) is 66.4 Å². The number of nitrogens with one attached hydrogen (secondary N) is 1. The smallest absolute Gasteiger partial charge is 0.347 e. The second kappa shape index (κ2) is 13.4. The van der Waals surface area contributed by atoms with E-state index >= 15 is 0 Å². The fourth-order valence-electron chi connectivity index (χ4n) is 3.98. The third-order valence-corrected chi connectivity index (χ3v) is 6.12. The highest BCUT2D eigenvalue weighted by Gasteiger charge is 2.20. The summed E-state index contributed by atoms with van der Waals surface area (Å²) in [7, 11) is 3.88. The molecule has 204 valence electrons. The normalized spacial score (nSPS) is 15.7. The molecule has 0 unspecified atom stereocenters. The lowest BCUT2D eigenvalue weighted by molar-refractivity contribution is 0.102. The molecule has 3 amide bonds. The van der Waals surface area contributed by atoms with Gasteiger partial charge in [-0.3, -0.25) is 9.78 Å². The third-order valence-electron chi connectivity index (χ3n) is 6.12. The van der Waals surface area contributed by atoms with Crippen LogP contribution in [0.5, 0.6) is 0 Å². The van der Waals surface area contributed by atoms with Crippen molar-refractivity contribution < 1.29 is 19.1 Å². The fourth-order valence-corrected chi connectivity index (χ4v) is 3.98. The molecule has 2 heterocycles. The third kappa shape index (κ3) is 8.27. The molecule has 2 aliphatic rings. The van der Waals surface area contributed by atoms with Crippen molar-refractivity contribution >= 4 is 29.2 Å². The van der Waals surface area contributed by atoms with Crippen LogP contribution in [0.1, 0.15) is 35.3 Å². The summed E-state index contributed by atoms with van der Waals surface area (Å²) in [4.78, 5) is 37.9. The molecular weight excluding hydrogens is 496 g/mol.